The predicted molar refractivity (Wildman–Crippen MR) is 65.8 cm³/mol. The van der Waals surface area contributed by atoms with Gasteiger partial charge in [-0.3, -0.25) is 10.1 Å². The molecule has 0 amide bonds. The van der Waals surface area contributed by atoms with Gasteiger partial charge in [0.25, 0.3) is 5.69 Å². The minimum Gasteiger partial charge on any atom is -0.361 e. The van der Waals surface area contributed by atoms with Crippen molar-refractivity contribution in [2.75, 3.05) is 4.90 Å². The summed E-state index contributed by atoms with van der Waals surface area (Å²) in [6.07, 6.45) is 0. The van der Waals surface area contributed by atoms with E-state index in [0.717, 1.165) is 0 Å². The molecule has 0 bridgehead atoms. The van der Waals surface area contributed by atoms with E-state index in [1.807, 2.05) is 33.8 Å². The lowest BCUT2D eigenvalue weighted by Crippen LogP contribution is -2.37. The van der Waals surface area contributed by atoms with Crippen molar-refractivity contribution in [1.29, 1.82) is 0 Å². The van der Waals surface area contributed by atoms with Crippen LogP contribution in [0.4, 0.5) is 11.4 Å². The third-order valence-electron chi connectivity index (χ3n) is 2.47. The lowest BCUT2D eigenvalue weighted by atomic mass is 10.1. The second kappa shape index (κ2) is 4.96. The molecule has 0 radical (unpaired) electrons. The van der Waals surface area contributed by atoms with Crippen molar-refractivity contribution in [3.63, 3.8) is 0 Å². The lowest BCUT2D eigenvalue weighted by Gasteiger charge is -2.32. The quantitative estimate of drug-likeness (QED) is 0.580. The summed E-state index contributed by atoms with van der Waals surface area (Å²) >= 11 is 0. The maximum absolute atomic E-state index is 11.0. The Morgan fingerprint density at radius 3 is 2.06 bits per heavy atom. The average molecular weight is 222 g/mol. The zero-order valence-corrected chi connectivity index (χ0v) is 10.2. The van der Waals surface area contributed by atoms with Crippen LogP contribution in [-0.4, -0.2) is 17.0 Å². The molecule has 0 spiro atoms. The molecule has 1 aromatic carbocycles. The van der Waals surface area contributed by atoms with Gasteiger partial charge in [0.1, 0.15) is 5.69 Å². The summed E-state index contributed by atoms with van der Waals surface area (Å²) < 4.78 is 0. The van der Waals surface area contributed by atoms with Gasteiger partial charge in [0.15, 0.2) is 0 Å². The number of benzene rings is 1. The molecule has 1 rings (SSSR count). The highest BCUT2D eigenvalue weighted by molar-refractivity contribution is 5.63. The normalized spacial score (nSPS) is 10.9. The first-order chi connectivity index (χ1) is 7.45. The van der Waals surface area contributed by atoms with Gasteiger partial charge in [-0.25, -0.2) is 0 Å². The Morgan fingerprint density at radius 1 is 1.12 bits per heavy atom. The molecular formula is C12H18N2O2. The number of para-hydroxylation sites is 2. The lowest BCUT2D eigenvalue weighted by molar-refractivity contribution is -0.384. The number of nitro benzene ring substituents is 1. The first-order valence-corrected chi connectivity index (χ1v) is 5.47. The van der Waals surface area contributed by atoms with Gasteiger partial charge in [0.05, 0.1) is 4.92 Å². The first kappa shape index (κ1) is 12.5. The standard InChI is InChI=1S/C12H18N2O2/c1-9(2)13(10(3)4)11-7-5-6-8-12(11)14(15)16/h5-10H,1-4H3. The van der Waals surface area contributed by atoms with E-state index in [2.05, 4.69) is 4.90 Å². The number of nitro groups is 1. The van der Waals surface area contributed by atoms with E-state index in [-0.39, 0.29) is 22.7 Å². The van der Waals surface area contributed by atoms with Gasteiger partial charge in [0, 0.05) is 18.2 Å². The third kappa shape index (κ3) is 2.51. The number of nitrogens with zero attached hydrogens (tertiary/aromatic N) is 2. The summed E-state index contributed by atoms with van der Waals surface area (Å²) in [5.41, 5.74) is 0.863. The van der Waals surface area contributed by atoms with Crippen molar-refractivity contribution in [2.45, 2.75) is 39.8 Å². The Kier molecular flexibility index (Phi) is 3.88. The minimum atomic E-state index is -0.326. The summed E-state index contributed by atoms with van der Waals surface area (Å²) in [4.78, 5) is 12.7. The molecule has 0 aliphatic rings. The van der Waals surface area contributed by atoms with Gasteiger partial charge < -0.3 is 4.90 Å². The minimum absolute atomic E-state index is 0.171. The Bertz CT molecular complexity index is 367. The Balaban J connectivity index is 3.23. The van der Waals surface area contributed by atoms with Crippen LogP contribution >= 0.6 is 0 Å². The Morgan fingerprint density at radius 2 is 1.62 bits per heavy atom. The molecule has 0 aliphatic heterocycles. The number of hydrogen-bond acceptors (Lipinski definition) is 3. The third-order valence-corrected chi connectivity index (χ3v) is 2.47. The fourth-order valence-corrected chi connectivity index (χ4v) is 1.99. The van der Waals surface area contributed by atoms with Crippen molar-refractivity contribution in [3.8, 4) is 0 Å². The van der Waals surface area contributed by atoms with Crippen LogP contribution in [0.2, 0.25) is 0 Å². The van der Waals surface area contributed by atoms with Gasteiger partial charge in [-0.05, 0) is 33.8 Å². The summed E-state index contributed by atoms with van der Waals surface area (Å²) in [5, 5.41) is 11.0. The van der Waals surface area contributed by atoms with E-state index in [1.165, 1.54) is 0 Å². The largest absolute Gasteiger partial charge is 0.361 e. The molecule has 16 heavy (non-hydrogen) atoms. The molecule has 4 nitrogen and oxygen atoms in total. The second-order valence-electron chi connectivity index (χ2n) is 4.34. The maximum atomic E-state index is 11.0. The smallest absolute Gasteiger partial charge is 0.292 e. The van der Waals surface area contributed by atoms with Gasteiger partial charge in [-0.1, -0.05) is 12.1 Å². The molecule has 4 heteroatoms. The van der Waals surface area contributed by atoms with E-state index in [0.29, 0.717) is 5.69 Å². The van der Waals surface area contributed by atoms with Crippen molar-refractivity contribution in [3.05, 3.63) is 34.4 Å². The molecule has 88 valence electrons. The monoisotopic (exact) mass is 222 g/mol. The molecule has 0 aromatic heterocycles. The zero-order valence-electron chi connectivity index (χ0n) is 10.2. The molecule has 0 aliphatic carbocycles. The van der Waals surface area contributed by atoms with Gasteiger partial charge in [-0.15, -0.1) is 0 Å². The van der Waals surface area contributed by atoms with Crippen molar-refractivity contribution < 1.29 is 4.92 Å². The van der Waals surface area contributed by atoms with E-state index < -0.39 is 0 Å². The Hall–Kier alpha value is -1.58. The van der Waals surface area contributed by atoms with Crippen molar-refractivity contribution in [1.82, 2.24) is 0 Å². The molecule has 0 saturated heterocycles. The highest BCUT2D eigenvalue weighted by Gasteiger charge is 2.22. The van der Waals surface area contributed by atoms with Gasteiger partial charge in [-0.2, -0.15) is 0 Å². The van der Waals surface area contributed by atoms with Crippen LogP contribution in [0, 0.1) is 10.1 Å². The Labute approximate surface area is 96.0 Å². The van der Waals surface area contributed by atoms with Crippen molar-refractivity contribution >= 4 is 11.4 Å². The highest BCUT2D eigenvalue weighted by atomic mass is 16.6. The molecule has 1 aromatic rings. The number of hydrogen-bond donors (Lipinski definition) is 0. The van der Waals surface area contributed by atoms with Crippen LogP contribution in [-0.2, 0) is 0 Å². The zero-order chi connectivity index (χ0) is 12.3. The van der Waals surface area contributed by atoms with Gasteiger partial charge in [0.2, 0.25) is 0 Å². The summed E-state index contributed by atoms with van der Waals surface area (Å²) in [6, 6.07) is 7.36. The average Bonchev–Trinajstić information content (AvgIpc) is 2.17. The molecule has 0 saturated carbocycles. The predicted octanol–water partition coefficient (Wildman–Crippen LogP) is 3.22. The fourth-order valence-electron chi connectivity index (χ4n) is 1.99. The van der Waals surface area contributed by atoms with Crippen molar-refractivity contribution in [2.24, 2.45) is 0 Å². The highest BCUT2D eigenvalue weighted by Crippen LogP contribution is 2.30. The van der Waals surface area contributed by atoms with E-state index >= 15 is 0 Å². The topological polar surface area (TPSA) is 46.4 Å². The summed E-state index contributed by atoms with van der Waals surface area (Å²) in [7, 11) is 0. The summed E-state index contributed by atoms with van der Waals surface area (Å²) in [6.45, 7) is 8.15. The van der Waals surface area contributed by atoms with E-state index in [1.54, 1.807) is 18.2 Å². The van der Waals surface area contributed by atoms with Crippen LogP contribution in [0.1, 0.15) is 27.7 Å². The van der Waals surface area contributed by atoms with E-state index in [9.17, 15) is 10.1 Å². The van der Waals surface area contributed by atoms with Crippen LogP contribution < -0.4 is 4.90 Å². The van der Waals surface area contributed by atoms with Crippen LogP contribution in [0.3, 0.4) is 0 Å². The van der Waals surface area contributed by atoms with Crippen LogP contribution in [0.25, 0.3) is 0 Å². The number of rotatable bonds is 4. The van der Waals surface area contributed by atoms with Gasteiger partial charge >= 0.3 is 0 Å². The first-order valence-electron chi connectivity index (χ1n) is 5.47. The molecule has 0 heterocycles. The maximum Gasteiger partial charge on any atom is 0.292 e. The van der Waals surface area contributed by atoms with Crippen LogP contribution in [0.15, 0.2) is 24.3 Å². The second-order valence-corrected chi connectivity index (χ2v) is 4.34. The number of anilines is 1. The fraction of sp³-hybridized carbons (Fsp3) is 0.500. The molecule has 0 atom stereocenters. The summed E-state index contributed by atoms with van der Waals surface area (Å²) in [5.74, 6) is 0. The molecular weight excluding hydrogens is 204 g/mol. The molecule has 0 N–H and O–H groups in total. The molecule has 0 fully saturated rings. The SMILES string of the molecule is CC(C)N(c1ccccc1[N+](=O)[O-])C(C)C. The molecule has 0 unspecified atom stereocenters. The van der Waals surface area contributed by atoms with E-state index in [4.69, 9.17) is 0 Å². The van der Waals surface area contributed by atoms with Crippen LogP contribution in [0.5, 0.6) is 0 Å².